The van der Waals surface area contributed by atoms with E-state index in [1.54, 1.807) is 5.38 Å². The quantitative estimate of drug-likeness (QED) is 0.801. The molecule has 0 aliphatic carbocycles. The van der Waals surface area contributed by atoms with Crippen LogP contribution in [-0.2, 0) is 0 Å². The van der Waals surface area contributed by atoms with E-state index in [1.807, 2.05) is 6.92 Å². The molecule has 5 heteroatoms. The Hall–Kier alpha value is -0.320. The van der Waals surface area contributed by atoms with E-state index in [4.69, 9.17) is 11.6 Å². The molecule has 0 aliphatic heterocycles. The smallest absolute Gasteiger partial charge is 0.184 e. The number of halogens is 1. The normalized spacial score (nSPS) is 12.8. The second-order valence-electron chi connectivity index (χ2n) is 2.80. The third kappa shape index (κ3) is 3.93. The molecule has 2 N–H and O–H groups in total. The standard InChI is InChI=1S/C8H13ClN2OS/c1-2-3-6(12)4-10-8-11-7(9)5-13-8/h5-6,12H,2-4H2,1H3,(H,10,11). The molecule has 0 spiro atoms. The van der Waals surface area contributed by atoms with Crippen LogP contribution in [0.1, 0.15) is 19.8 Å². The minimum Gasteiger partial charge on any atom is -0.391 e. The van der Waals surface area contributed by atoms with Crippen LogP contribution in [0.25, 0.3) is 0 Å². The Balaban J connectivity index is 2.26. The molecule has 3 nitrogen and oxygen atoms in total. The molecule has 74 valence electrons. The van der Waals surface area contributed by atoms with Crippen LogP contribution in [0.2, 0.25) is 5.15 Å². The van der Waals surface area contributed by atoms with Gasteiger partial charge >= 0.3 is 0 Å². The van der Waals surface area contributed by atoms with Crippen molar-refractivity contribution in [1.82, 2.24) is 4.98 Å². The van der Waals surface area contributed by atoms with Crippen LogP contribution in [0.15, 0.2) is 5.38 Å². The number of hydrogen-bond donors (Lipinski definition) is 2. The molecule has 1 heterocycles. The number of aliphatic hydroxyl groups excluding tert-OH is 1. The first-order valence-corrected chi connectivity index (χ1v) is 5.51. The molecule has 0 bridgehead atoms. The predicted molar refractivity (Wildman–Crippen MR) is 56.5 cm³/mol. The summed E-state index contributed by atoms with van der Waals surface area (Å²) in [5.41, 5.74) is 0. The monoisotopic (exact) mass is 220 g/mol. The summed E-state index contributed by atoms with van der Waals surface area (Å²) < 4.78 is 0. The molecule has 0 saturated heterocycles. The second kappa shape index (κ2) is 5.42. The third-order valence-corrected chi connectivity index (χ3v) is 2.71. The third-order valence-electron chi connectivity index (χ3n) is 1.59. The van der Waals surface area contributed by atoms with Gasteiger partial charge in [-0.2, -0.15) is 0 Å². The van der Waals surface area contributed by atoms with Gasteiger partial charge in [0.2, 0.25) is 0 Å². The van der Waals surface area contributed by atoms with Crippen LogP contribution in [-0.4, -0.2) is 22.7 Å². The number of aliphatic hydroxyl groups is 1. The van der Waals surface area contributed by atoms with Crippen LogP contribution in [0.5, 0.6) is 0 Å². The van der Waals surface area contributed by atoms with Gasteiger partial charge in [0.15, 0.2) is 5.13 Å². The molecule has 0 aliphatic rings. The van der Waals surface area contributed by atoms with Gasteiger partial charge in [0, 0.05) is 11.9 Å². The molecule has 0 amide bonds. The maximum atomic E-state index is 9.40. The topological polar surface area (TPSA) is 45.1 Å². The first-order valence-electron chi connectivity index (χ1n) is 4.25. The molecule has 0 aromatic carbocycles. The summed E-state index contributed by atoms with van der Waals surface area (Å²) in [4.78, 5) is 4.00. The van der Waals surface area contributed by atoms with Crippen LogP contribution < -0.4 is 5.32 Å². The van der Waals surface area contributed by atoms with Crippen molar-refractivity contribution in [1.29, 1.82) is 0 Å². The van der Waals surface area contributed by atoms with Crippen molar-refractivity contribution in [3.05, 3.63) is 10.5 Å². The molecule has 1 unspecified atom stereocenters. The van der Waals surface area contributed by atoms with E-state index in [0.29, 0.717) is 11.7 Å². The van der Waals surface area contributed by atoms with Crippen molar-refractivity contribution in [3.8, 4) is 0 Å². The lowest BCUT2D eigenvalue weighted by molar-refractivity contribution is 0.176. The predicted octanol–water partition coefficient (Wildman–Crippen LogP) is 2.37. The molecule has 1 aromatic rings. The molecular formula is C8H13ClN2OS. The summed E-state index contributed by atoms with van der Waals surface area (Å²) in [6.45, 7) is 2.58. The maximum absolute atomic E-state index is 9.40. The second-order valence-corrected chi connectivity index (χ2v) is 4.04. The summed E-state index contributed by atoms with van der Waals surface area (Å²) in [7, 11) is 0. The Kier molecular flexibility index (Phi) is 4.48. The molecular weight excluding hydrogens is 208 g/mol. The van der Waals surface area contributed by atoms with Crippen LogP contribution in [0.3, 0.4) is 0 Å². The van der Waals surface area contributed by atoms with Gasteiger partial charge in [-0.15, -0.1) is 11.3 Å². The molecule has 0 fully saturated rings. The fraction of sp³-hybridized carbons (Fsp3) is 0.625. The Morgan fingerprint density at radius 1 is 1.77 bits per heavy atom. The van der Waals surface area contributed by atoms with Crippen molar-refractivity contribution in [2.45, 2.75) is 25.9 Å². The molecule has 0 saturated carbocycles. The number of hydrogen-bond acceptors (Lipinski definition) is 4. The van der Waals surface area contributed by atoms with Crippen molar-refractivity contribution < 1.29 is 5.11 Å². The zero-order valence-corrected chi connectivity index (χ0v) is 9.03. The molecule has 13 heavy (non-hydrogen) atoms. The van der Waals surface area contributed by atoms with Gasteiger partial charge < -0.3 is 10.4 Å². The van der Waals surface area contributed by atoms with E-state index in [-0.39, 0.29) is 6.10 Å². The summed E-state index contributed by atoms with van der Waals surface area (Å²) in [6, 6.07) is 0. The minimum atomic E-state index is -0.298. The number of thiazole rings is 1. The minimum absolute atomic E-state index is 0.298. The fourth-order valence-electron chi connectivity index (χ4n) is 0.976. The highest BCUT2D eigenvalue weighted by molar-refractivity contribution is 7.14. The van der Waals surface area contributed by atoms with Gasteiger partial charge in [0.25, 0.3) is 0 Å². The number of nitrogens with zero attached hydrogens (tertiary/aromatic N) is 1. The van der Waals surface area contributed by atoms with Crippen molar-refractivity contribution >= 4 is 28.1 Å². The average molecular weight is 221 g/mol. The van der Waals surface area contributed by atoms with E-state index in [0.717, 1.165) is 18.0 Å². The first kappa shape index (κ1) is 10.8. The summed E-state index contributed by atoms with van der Waals surface area (Å²) in [5.74, 6) is 0. The lowest BCUT2D eigenvalue weighted by Crippen LogP contribution is -2.18. The highest BCUT2D eigenvalue weighted by Crippen LogP contribution is 2.18. The van der Waals surface area contributed by atoms with Gasteiger partial charge in [0.05, 0.1) is 6.10 Å². The van der Waals surface area contributed by atoms with E-state index < -0.39 is 0 Å². The Morgan fingerprint density at radius 3 is 3.08 bits per heavy atom. The number of nitrogens with one attached hydrogen (secondary N) is 1. The van der Waals surface area contributed by atoms with Crippen molar-refractivity contribution in [3.63, 3.8) is 0 Å². The van der Waals surface area contributed by atoms with Gasteiger partial charge in [-0.25, -0.2) is 4.98 Å². The van der Waals surface area contributed by atoms with E-state index >= 15 is 0 Å². The van der Waals surface area contributed by atoms with Gasteiger partial charge in [-0.05, 0) is 6.42 Å². The van der Waals surface area contributed by atoms with Gasteiger partial charge in [-0.1, -0.05) is 24.9 Å². The summed E-state index contributed by atoms with van der Waals surface area (Å²) in [5, 5.41) is 15.4. The lowest BCUT2D eigenvalue weighted by Gasteiger charge is -2.08. The molecule has 1 rings (SSSR count). The van der Waals surface area contributed by atoms with E-state index in [9.17, 15) is 5.11 Å². The van der Waals surface area contributed by atoms with E-state index in [1.165, 1.54) is 11.3 Å². The van der Waals surface area contributed by atoms with Gasteiger partial charge in [-0.3, -0.25) is 0 Å². The lowest BCUT2D eigenvalue weighted by atomic mass is 10.2. The van der Waals surface area contributed by atoms with Crippen LogP contribution >= 0.6 is 22.9 Å². The summed E-state index contributed by atoms with van der Waals surface area (Å²) >= 11 is 7.08. The molecule has 0 radical (unpaired) electrons. The zero-order valence-electron chi connectivity index (χ0n) is 7.46. The Bertz CT molecular complexity index is 254. The van der Waals surface area contributed by atoms with Crippen molar-refractivity contribution in [2.75, 3.05) is 11.9 Å². The summed E-state index contributed by atoms with van der Waals surface area (Å²) in [6.07, 6.45) is 1.50. The fourth-order valence-corrected chi connectivity index (χ4v) is 1.82. The van der Waals surface area contributed by atoms with Gasteiger partial charge in [0.1, 0.15) is 5.15 Å². The number of anilines is 1. The molecule has 1 aromatic heterocycles. The maximum Gasteiger partial charge on any atom is 0.184 e. The van der Waals surface area contributed by atoms with Crippen LogP contribution in [0, 0.1) is 0 Å². The van der Waals surface area contributed by atoms with Crippen molar-refractivity contribution in [2.24, 2.45) is 0 Å². The van der Waals surface area contributed by atoms with E-state index in [2.05, 4.69) is 10.3 Å². The van der Waals surface area contributed by atoms with Crippen LogP contribution in [0.4, 0.5) is 5.13 Å². The Morgan fingerprint density at radius 2 is 2.54 bits per heavy atom. The highest BCUT2D eigenvalue weighted by atomic mass is 35.5. The largest absolute Gasteiger partial charge is 0.391 e. The highest BCUT2D eigenvalue weighted by Gasteiger charge is 2.03. The zero-order chi connectivity index (χ0) is 9.68. The number of rotatable bonds is 5. The Labute approximate surface area is 86.8 Å². The molecule has 1 atom stereocenters. The SMILES string of the molecule is CCCC(O)CNc1nc(Cl)cs1. The number of aromatic nitrogens is 1. The average Bonchev–Trinajstić information content (AvgIpc) is 2.49. The first-order chi connectivity index (χ1) is 6.22.